The zero-order chi connectivity index (χ0) is 14.5. The molecule has 0 radical (unpaired) electrons. The molecule has 1 aromatic carbocycles. The van der Waals surface area contributed by atoms with E-state index in [1.807, 2.05) is 6.07 Å². The van der Waals surface area contributed by atoms with Gasteiger partial charge in [-0.15, -0.1) is 11.8 Å². The molecule has 1 rings (SSSR count). The average Bonchev–Trinajstić information content (AvgIpc) is 2.36. The smallest absolute Gasteiger partial charge is 0.328 e. The number of hydrogen-bond donors (Lipinski definition) is 2. The molecule has 0 aliphatic carbocycles. The number of nitrogens with one attached hydrogen (secondary N) is 1. The standard InChI is InChI=1S/C13H14N2O3S/c1-13(2,12(17)18)15-11(16)9-5-3-4-6-10(9)19-8-7-14/h3-6H,8H2,1-2H3,(H,15,16)(H,17,18). The van der Waals surface area contributed by atoms with E-state index in [2.05, 4.69) is 5.32 Å². The molecular formula is C13H14N2O3S. The summed E-state index contributed by atoms with van der Waals surface area (Å²) in [6, 6.07) is 8.77. The Labute approximate surface area is 115 Å². The summed E-state index contributed by atoms with van der Waals surface area (Å²) >= 11 is 1.24. The number of benzene rings is 1. The van der Waals surface area contributed by atoms with Gasteiger partial charge in [0.2, 0.25) is 0 Å². The number of hydrogen-bond acceptors (Lipinski definition) is 4. The Morgan fingerprint density at radius 3 is 2.63 bits per heavy atom. The van der Waals surface area contributed by atoms with E-state index < -0.39 is 17.4 Å². The molecular weight excluding hydrogens is 264 g/mol. The summed E-state index contributed by atoms with van der Waals surface area (Å²) in [7, 11) is 0. The van der Waals surface area contributed by atoms with Crippen LogP contribution in [0.25, 0.3) is 0 Å². The van der Waals surface area contributed by atoms with E-state index >= 15 is 0 Å². The van der Waals surface area contributed by atoms with Gasteiger partial charge in [0.15, 0.2) is 0 Å². The fraction of sp³-hybridized carbons (Fsp3) is 0.308. The van der Waals surface area contributed by atoms with Crippen LogP contribution in [0.15, 0.2) is 29.2 Å². The molecule has 0 fully saturated rings. The monoisotopic (exact) mass is 278 g/mol. The molecule has 0 atom stereocenters. The van der Waals surface area contributed by atoms with Crippen LogP contribution < -0.4 is 5.32 Å². The number of nitrogens with zero attached hydrogens (tertiary/aromatic N) is 1. The Hall–Kier alpha value is -2.00. The van der Waals surface area contributed by atoms with Gasteiger partial charge in [-0.25, -0.2) is 4.79 Å². The molecule has 1 aromatic rings. The molecule has 0 unspecified atom stereocenters. The van der Waals surface area contributed by atoms with Crippen molar-refractivity contribution in [2.24, 2.45) is 0 Å². The van der Waals surface area contributed by atoms with Gasteiger partial charge in [-0.2, -0.15) is 5.26 Å². The molecule has 0 heterocycles. The Bertz CT molecular complexity index is 535. The minimum atomic E-state index is -1.34. The van der Waals surface area contributed by atoms with Crippen LogP contribution in [0.3, 0.4) is 0 Å². The van der Waals surface area contributed by atoms with Crippen LogP contribution in [0.1, 0.15) is 24.2 Å². The predicted molar refractivity (Wildman–Crippen MR) is 72.0 cm³/mol. The van der Waals surface area contributed by atoms with E-state index in [1.165, 1.54) is 25.6 Å². The van der Waals surface area contributed by atoms with Gasteiger partial charge in [0, 0.05) is 4.90 Å². The van der Waals surface area contributed by atoms with Gasteiger partial charge in [-0.05, 0) is 26.0 Å². The topological polar surface area (TPSA) is 90.2 Å². The van der Waals surface area contributed by atoms with E-state index in [9.17, 15) is 9.59 Å². The average molecular weight is 278 g/mol. The normalized spacial score (nSPS) is 10.6. The third-order valence-electron chi connectivity index (χ3n) is 2.38. The summed E-state index contributed by atoms with van der Waals surface area (Å²) in [4.78, 5) is 23.7. The van der Waals surface area contributed by atoms with Crippen molar-refractivity contribution in [2.75, 3.05) is 5.75 Å². The second-order valence-corrected chi connectivity index (χ2v) is 5.34. The molecule has 0 saturated carbocycles. The first-order chi connectivity index (χ1) is 8.88. The SMILES string of the molecule is CC(C)(NC(=O)c1ccccc1SCC#N)C(=O)O. The molecule has 2 N–H and O–H groups in total. The quantitative estimate of drug-likeness (QED) is 0.803. The molecule has 0 saturated heterocycles. The molecule has 0 aromatic heterocycles. The fourth-order valence-corrected chi connectivity index (χ4v) is 2.01. The summed E-state index contributed by atoms with van der Waals surface area (Å²) < 4.78 is 0. The first kappa shape index (κ1) is 15.1. The number of aliphatic carboxylic acids is 1. The minimum Gasteiger partial charge on any atom is -0.480 e. The van der Waals surface area contributed by atoms with Gasteiger partial charge in [-0.3, -0.25) is 4.79 Å². The van der Waals surface area contributed by atoms with E-state index in [1.54, 1.807) is 24.3 Å². The minimum absolute atomic E-state index is 0.229. The number of thioether (sulfide) groups is 1. The lowest BCUT2D eigenvalue weighted by Gasteiger charge is -2.21. The van der Waals surface area contributed by atoms with E-state index in [-0.39, 0.29) is 5.75 Å². The van der Waals surface area contributed by atoms with Gasteiger partial charge >= 0.3 is 5.97 Å². The van der Waals surface area contributed by atoms with E-state index in [4.69, 9.17) is 10.4 Å². The van der Waals surface area contributed by atoms with Crippen molar-refractivity contribution >= 4 is 23.6 Å². The van der Waals surface area contributed by atoms with Crippen molar-refractivity contribution in [3.63, 3.8) is 0 Å². The maximum absolute atomic E-state index is 12.1. The number of carboxylic acid groups (broad SMARTS) is 1. The van der Waals surface area contributed by atoms with Crippen LogP contribution in [-0.2, 0) is 4.79 Å². The van der Waals surface area contributed by atoms with Gasteiger partial charge in [0.05, 0.1) is 17.4 Å². The first-order valence-corrected chi connectivity index (χ1v) is 6.51. The van der Waals surface area contributed by atoms with Crippen LogP contribution in [0, 0.1) is 11.3 Å². The van der Waals surface area contributed by atoms with Crippen LogP contribution in [-0.4, -0.2) is 28.3 Å². The molecule has 100 valence electrons. The lowest BCUT2D eigenvalue weighted by Crippen LogP contribution is -2.49. The van der Waals surface area contributed by atoms with Crippen molar-refractivity contribution in [1.82, 2.24) is 5.32 Å². The fourth-order valence-electron chi connectivity index (χ4n) is 1.29. The van der Waals surface area contributed by atoms with Gasteiger partial charge in [0.25, 0.3) is 5.91 Å². The highest BCUT2D eigenvalue weighted by Crippen LogP contribution is 2.22. The molecule has 0 bridgehead atoms. The second-order valence-electron chi connectivity index (χ2n) is 4.33. The maximum Gasteiger partial charge on any atom is 0.328 e. The van der Waals surface area contributed by atoms with Crippen molar-refractivity contribution in [3.8, 4) is 6.07 Å². The summed E-state index contributed by atoms with van der Waals surface area (Å²) in [5.41, 5.74) is -0.971. The molecule has 0 aliphatic heterocycles. The van der Waals surface area contributed by atoms with Gasteiger partial charge in [0.1, 0.15) is 5.54 Å². The molecule has 1 amide bonds. The third kappa shape index (κ3) is 4.00. The van der Waals surface area contributed by atoms with Crippen molar-refractivity contribution in [2.45, 2.75) is 24.3 Å². The van der Waals surface area contributed by atoms with E-state index in [0.29, 0.717) is 10.5 Å². The second kappa shape index (κ2) is 6.25. The van der Waals surface area contributed by atoms with Gasteiger partial charge < -0.3 is 10.4 Å². The zero-order valence-electron chi connectivity index (χ0n) is 10.6. The number of carbonyl (C=O) groups is 2. The van der Waals surface area contributed by atoms with Crippen molar-refractivity contribution in [3.05, 3.63) is 29.8 Å². The molecule has 5 nitrogen and oxygen atoms in total. The maximum atomic E-state index is 12.1. The van der Waals surface area contributed by atoms with Crippen LogP contribution in [0.5, 0.6) is 0 Å². The van der Waals surface area contributed by atoms with E-state index in [0.717, 1.165) is 0 Å². The molecule has 0 aliphatic rings. The Morgan fingerprint density at radius 2 is 2.05 bits per heavy atom. The summed E-state index contributed by atoms with van der Waals surface area (Å²) in [6.45, 7) is 2.83. The van der Waals surface area contributed by atoms with Crippen molar-refractivity contribution in [1.29, 1.82) is 5.26 Å². The Morgan fingerprint density at radius 1 is 1.42 bits per heavy atom. The predicted octanol–water partition coefficient (Wildman–Crippen LogP) is 1.90. The number of carbonyl (C=O) groups excluding carboxylic acids is 1. The zero-order valence-corrected chi connectivity index (χ0v) is 11.5. The summed E-state index contributed by atoms with van der Waals surface area (Å²) in [5.74, 6) is -1.34. The van der Waals surface area contributed by atoms with Gasteiger partial charge in [-0.1, -0.05) is 12.1 Å². The highest BCUT2D eigenvalue weighted by molar-refractivity contribution is 7.99. The number of nitriles is 1. The summed E-state index contributed by atoms with van der Waals surface area (Å²) in [5, 5.41) is 20.0. The highest BCUT2D eigenvalue weighted by Gasteiger charge is 2.29. The first-order valence-electron chi connectivity index (χ1n) is 5.53. The largest absolute Gasteiger partial charge is 0.480 e. The highest BCUT2D eigenvalue weighted by atomic mass is 32.2. The number of amides is 1. The molecule has 6 heteroatoms. The Kier molecular flexibility index (Phi) is 4.95. The van der Waals surface area contributed by atoms with Crippen molar-refractivity contribution < 1.29 is 14.7 Å². The number of carboxylic acids is 1. The van der Waals surface area contributed by atoms with Crippen LogP contribution >= 0.6 is 11.8 Å². The lowest BCUT2D eigenvalue weighted by atomic mass is 10.1. The molecule has 19 heavy (non-hydrogen) atoms. The molecule has 0 spiro atoms. The third-order valence-corrected chi connectivity index (χ3v) is 3.33. The van der Waals surface area contributed by atoms with Crippen LogP contribution in [0.4, 0.5) is 0 Å². The summed E-state index contributed by atoms with van der Waals surface area (Å²) in [6.07, 6.45) is 0. The number of rotatable bonds is 5. The Balaban J connectivity index is 2.94. The van der Waals surface area contributed by atoms with Crippen LogP contribution in [0.2, 0.25) is 0 Å². The lowest BCUT2D eigenvalue weighted by molar-refractivity contribution is -0.143.